The lowest BCUT2D eigenvalue weighted by Gasteiger charge is -2.18. The number of allylic oxidation sites excluding steroid dienone is 1. The molecule has 0 saturated carbocycles. The van der Waals surface area contributed by atoms with Crippen molar-refractivity contribution < 1.29 is 0 Å². The largest absolute Gasteiger partial charge is 0.282 e. The van der Waals surface area contributed by atoms with E-state index in [1.165, 1.54) is 11.1 Å². The Labute approximate surface area is 83.7 Å². The van der Waals surface area contributed by atoms with Crippen molar-refractivity contribution in [2.45, 2.75) is 6.92 Å². The maximum atomic E-state index is 4.25. The molecule has 2 rings (SSSR count). The topological polar surface area (TPSA) is 27.6 Å². The zero-order valence-electron chi connectivity index (χ0n) is 8.36. The van der Waals surface area contributed by atoms with E-state index in [-0.39, 0.29) is 0 Å². The van der Waals surface area contributed by atoms with E-state index >= 15 is 0 Å². The third-order valence-electron chi connectivity index (χ3n) is 2.21. The average Bonchev–Trinajstić information content (AvgIpc) is 2.20. The summed E-state index contributed by atoms with van der Waals surface area (Å²) in [5.41, 5.74) is 6.27. The van der Waals surface area contributed by atoms with Crippen molar-refractivity contribution in [1.29, 1.82) is 0 Å². The number of hydrazine groups is 1. The van der Waals surface area contributed by atoms with Gasteiger partial charge in [-0.05, 0) is 18.6 Å². The van der Waals surface area contributed by atoms with Crippen molar-refractivity contribution in [3.8, 4) is 0 Å². The SMILES string of the molecule is Cc1ccccc1C1=NNN(C)C=C1. The van der Waals surface area contributed by atoms with Crippen LogP contribution in [0.25, 0.3) is 0 Å². The second-order valence-electron chi connectivity index (χ2n) is 3.34. The van der Waals surface area contributed by atoms with Crippen molar-refractivity contribution in [3.63, 3.8) is 0 Å². The van der Waals surface area contributed by atoms with Crippen LogP contribution < -0.4 is 5.53 Å². The minimum absolute atomic E-state index is 0.973. The highest BCUT2D eigenvalue weighted by atomic mass is 15.6. The number of nitrogens with one attached hydrogen (secondary N) is 1. The second kappa shape index (κ2) is 3.54. The molecule has 14 heavy (non-hydrogen) atoms. The molecule has 72 valence electrons. The van der Waals surface area contributed by atoms with E-state index in [1.54, 1.807) is 0 Å². The van der Waals surface area contributed by atoms with Crippen molar-refractivity contribution in [2.24, 2.45) is 5.10 Å². The summed E-state index contributed by atoms with van der Waals surface area (Å²) in [7, 11) is 1.91. The van der Waals surface area contributed by atoms with Gasteiger partial charge in [0.25, 0.3) is 0 Å². The highest BCUT2D eigenvalue weighted by molar-refractivity contribution is 6.09. The molecule has 0 aliphatic carbocycles. The Morgan fingerprint density at radius 1 is 1.29 bits per heavy atom. The first-order valence-corrected chi connectivity index (χ1v) is 4.58. The van der Waals surface area contributed by atoms with E-state index in [9.17, 15) is 0 Å². The van der Waals surface area contributed by atoms with Gasteiger partial charge in [0.2, 0.25) is 0 Å². The first kappa shape index (κ1) is 8.81. The molecule has 3 heteroatoms. The molecule has 0 aromatic heterocycles. The smallest absolute Gasteiger partial charge is 0.0939 e. The van der Waals surface area contributed by atoms with Crippen molar-refractivity contribution in [2.75, 3.05) is 7.05 Å². The minimum Gasteiger partial charge on any atom is -0.282 e. The Kier molecular flexibility index (Phi) is 2.23. The van der Waals surface area contributed by atoms with Gasteiger partial charge in [-0.15, -0.1) is 0 Å². The molecule has 1 aliphatic heterocycles. The Bertz CT molecular complexity index is 393. The van der Waals surface area contributed by atoms with Crippen LogP contribution in [0.5, 0.6) is 0 Å². The number of benzene rings is 1. The Hall–Kier alpha value is -1.77. The molecule has 1 aromatic carbocycles. The van der Waals surface area contributed by atoms with Gasteiger partial charge in [-0.3, -0.25) is 5.01 Å². The predicted octanol–water partition coefficient (Wildman–Crippen LogP) is 1.66. The van der Waals surface area contributed by atoms with Crippen molar-refractivity contribution in [1.82, 2.24) is 10.5 Å². The Morgan fingerprint density at radius 2 is 2.07 bits per heavy atom. The molecular weight excluding hydrogens is 174 g/mol. The minimum atomic E-state index is 0.973. The molecule has 1 heterocycles. The summed E-state index contributed by atoms with van der Waals surface area (Å²) in [4.78, 5) is 0. The fraction of sp³-hybridized carbons (Fsp3) is 0.182. The van der Waals surface area contributed by atoms with Gasteiger partial charge < -0.3 is 0 Å². The van der Waals surface area contributed by atoms with Crippen LogP contribution in [0.15, 0.2) is 41.6 Å². The third kappa shape index (κ3) is 1.62. The van der Waals surface area contributed by atoms with Gasteiger partial charge in [0, 0.05) is 18.8 Å². The Morgan fingerprint density at radius 3 is 2.71 bits per heavy atom. The molecule has 0 unspecified atom stereocenters. The van der Waals surface area contributed by atoms with E-state index < -0.39 is 0 Å². The maximum absolute atomic E-state index is 4.25. The normalized spacial score (nSPS) is 15.0. The van der Waals surface area contributed by atoms with Crippen LogP contribution in [-0.4, -0.2) is 17.8 Å². The summed E-state index contributed by atoms with van der Waals surface area (Å²) >= 11 is 0. The van der Waals surface area contributed by atoms with Crippen molar-refractivity contribution >= 4 is 5.71 Å². The van der Waals surface area contributed by atoms with Crippen LogP contribution in [0.3, 0.4) is 0 Å². The van der Waals surface area contributed by atoms with Crippen molar-refractivity contribution in [3.05, 3.63) is 47.7 Å². The molecule has 0 radical (unpaired) electrons. The molecular formula is C11H13N3. The van der Waals surface area contributed by atoms with Crippen LogP contribution >= 0.6 is 0 Å². The summed E-state index contributed by atoms with van der Waals surface area (Å²) in [5, 5.41) is 6.05. The molecule has 0 amide bonds. The monoisotopic (exact) mass is 187 g/mol. The van der Waals surface area contributed by atoms with Gasteiger partial charge >= 0.3 is 0 Å². The highest BCUT2D eigenvalue weighted by Gasteiger charge is 2.06. The zero-order valence-corrected chi connectivity index (χ0v) is 8.36. The van der Waals surface area contributed by atoms with Gasteiger partial charge in [-0.2, -0.15) is 5.10 Å². The average molecular weight is 187 g/mol. The summed E-state index contributed by atoms with van der Waals surface area (Å²) in [5.74, 6) is 0. The lowest BCUT2D eigenvalue weighted by Crippen LogP contribution is -2.29. The van der Waals surface area contributed by atoms with Gasteiger partial charge in [0.1, 0.15) is 0 Å². The molecule has 0 bridgehead atoms. The van der Waals surface area contributed by atoms with E-state index in [1.807, 2.05) is 36.5 Å². The lowest BCUT2D eigenvalue weighted by molar-refractivity contribution is 0.334. The number of rotatable bonds is 1. The number of hydrogen-bond acceptors (Lipinski definition) is 3. The summed E-state index contributed by atoms with van der Waals surface area (Å²) in [6.45, 7) is 2.09. The molecule has 0 spiro atoms. The highest BCUT2D eigenvalue weighted by Crippen LogP contribution is 2.10. The summed E-state index contributed by atoms with van der Waals surface area (Å²) in [6, 6.07) is 8.22. The summed E-state index contributed by atoms with van der Waals surface area (Å²) < 4.78 is 0. The van der Waals surface area contributed by atoms with E-state index in [4.69, 9.17) is 0 Å². The number of aryl methyl sites for hydroxylation is 1. The van der Waals surface area contributed by atoms with E-state index in [0.29, 0.717) is 0 Å². The number of nitrogens with zero attached hydrogens (tertiary/aromatic N) is 2. The quantitative estimate of drug-likeness (QED) is 0.724. The molecule has 1 aliphatic rings. The van der Waals surface area contributed by atoms with E-state index in [2.05, 4.69) is 29.7 Å². The molecule has 0 saturated heterocycles. The molecule has 1 aromatic rings. The van der Waals surface area contributed by atoms with Crippen LogP contribution in [0.2, 0.25) is 0 Å². The third-order valence-corrected chi connectivity index (χ3v) is 2.21. The lowest BCUT2D eigenvalue weighted by atomic mass is 10.0. The summed E-state index contributed by atoms with van der Waals surface area (Å²) in [6.07, 6.45) is 3.95. The number of hydrazone groups is 1. The first-order valence-electron chi connectivity index (χ1n) is 4.58. The Balaban J connectivity index is 2.33. The molecule has 3 nitrogen and oxygen atoms in total. The van der Waals surface area contributed by atoms with E-state index in [0.717, 1.165) is 5.71 Å². The first-order chi connectivity index (χ1) is 6.77. The molecule has 0 atom stereocenters. The fourth-order valence-electron chi connectivity index (χ4n) is 1.40. The van der Waals surface area contributed by atoms with Crippen LogP contribution in [0.1, 0.15) is 11.1 Å². The van der Waals surface area contributed by atoms with Crippen LogP contribution in [0, 0.1) is 6.92 Å². The van der Waals surface area contributed by atoms with Crippen LogP contribution in [-0.2, 0) is 0 Å². The van der Waals surface area contributed by atoms with Gasteiger partial charge in [-0.1, -0.05) is 24.3 Å². The van der Waals surface area contributed by atoms with Gasteiger partial charge in [0.15, 0.2) is 0 Å². The second-order valence-corrected chi connectivity index (χ2v) is 3.34. The molecule has 1 N–H and O–H groups in total. The fourth-order valence-corrected chi connectivity index (χ4v) is 1.40. The maximum Gasteiger partial charge on any atom is 0.0939 e. The van der Waals surface area contributed by atoms with Crippen LogP contribution in [0.4, 0.5) is 0 Å². The predicted molar refractivity (Wildman–Crippen MR) is 57.8 cm³/mol. The zero-order chi connectivity index (χ0) is 9.97. The number of hydrogen-bond donors (Lipinski definition) is 1. The molecule has 0 fully saturated rings. The standard InChI is InChI=1S/C11H13N3/c1-9-5-3-4-6-10(9)11-7-8-14(2)13-12-11/h3-8,13H,1-2H3. The van der Waals surface area contributed by atoms with Gasteiger partial charge in [0.05, 0.1) is 5.71 Å². The van der Waals surface area contributed by atoms with Gasteiger partial charge in [-0.25, -0.2) is 5.53 Å².